The number of Topliss-reactive ketones (excluding diaryl/α,β-unsaturated/α-hetero) is 1. The summed E-state index contributed by atoms with van der Waals surface area (Å²) in [6, 6.07) is 0.138. The highest BCUT2D eigenvalue weighted by Crippen LogP contribution is 2.45. The van der Waals surface area contributed by atoms with Crippen LogP contribution in [0.15, 0.2) is 11.8 Å². The molecule has 106 valence electrons. The number of hydrogen-bond donors (Lipinski definition) is 0. The molecule has 0 aromatic heterocycles. The summed E-state index contributed by atoms with van der Waals surface area (Å²) in [7, 11) is 3.80. The molecule has 0 N–H and O–H groups in total. The van der Waals surface area contributed by atoms with Gasteiger partial charge in [0, 0.05) is 37.8 Å². The Morgan fingerprint density at radius 2 is 2.05 bits per heavy atom. The number of nitrogens with zero attached hydrogens (tertiary/aromatic N) is 2. The van der Waals surface area contributed by atoms with Crippen molar-refractivity contribution in [2.24, 2.45) is 5.92 Å². The number of carbonyl (C=O) groups is 2. The van der Waals surface area contributed by atoms with E-state index in [1.165, 1.54) is 0 Å². The van der Waals surface area contributed by atoms with Gasteiger partial charge in [-0.2, -0.15) is 0 Å². The van der Waals surface area contributed by atoms with Crippen LogP contribution < -0.4 is 0 Å². The summed E-state index contributed by atoms with van der Waals surface area (Å²) < 4.78 is 5.34. The first-order valence-electron chi connectivity index (χ1n) is 6.60. The van der Waals surface area contributed by atoms with Gasteiger partial charge in [0.15, 0.2) is 5.78 Å². The van der Waals surface area contributed by atoms with E-state index in [4.69, 9.17) is 4.74 Å². The lowest BCUT2D eigenvalue weighted by molar-refractivity contribution is -0.118. The summed E-state index contributed by atoms with van der Waals surface area (Å²) in [6.45, 7) is 5.63. The Labute approximate surface area is 114 Å². The van der Waals surface area contributed by atoms with E-state index in [-0.39, 0.29) is 30.4 Å². The second kappa shape index (κ2) is 4.54. The van der Waals surface area contributed by atoms with Gasteiger partial charge in [-0.25, -0.2) is 4.79 Å². The minimum absolute atomic E-state index is 0.0262. The summed E-state index contributed by atoms with van der Waals surface area (Å²) >= 11 is 0. The van der Waals surface area contributed by atoms with Crippen molar-refractivity contribution >= 4 is 11.9 Å². The number of amides is 1. The number of ketones is 1. The van der Waals surface area contributed by atoms with E-state index in [0.29, 0.717) is 0 Å². The molecule has 2 aliphatic rings. The molecule has 0 bridgehead atoms. The molecule has 1 amide bonds. The molecule has 1 aliphatic heterocycles. The van der Waals surface area contributed by atoms with Crippen LogP contribution in [-0.2, 0) is 9.53 Å². The molecule has 0 unspecified atom stereocenters. The van der Waals surface area contributed by atoms with Crippen LogP contribution in [0.2, 0.25) is 0 Å². The Hall–Kier alpha value is -1.52. The van der Waals surface area contributed by atoms with Crippen molar-refractivity contribution in [3.63, 3.8) is 0 Å². The second-order valence-corrected chi connectivity index (χ2v) is 6.49. The van der Waals surface area contributed by atoms with Gasteiger partial charge in [0.1, 0.15) is 5.60 Å². The van der Waals surface area contributed by atoms with Gasteiger partial charge in [-0.1, -0.05) is 0 Å². The molecular formula is C14H22N2O3. The van der Waals surface area contributed by atoms with E-state index in [9.17, 15) is 9.59 Å². The average molecular weight is 266 g/mol. The topological polar surface area (TPSA) is 49.9 Å². The molecule has 0 radical (unpaired) electrons. The van der Waals surface area contributed by atoms with Crippen molar-refractivity contribution in [3.05, 3.63) is 11.8 Å². The van der Waals surface area contributed by atoms with E-state index in [2.05, 4.69) is 0 Å². The molecule has 0 aromatic carbocycles. The van der Waals surface area contributed by atoms with Gasteiger partial charge in [0.2, 0.25) is 0 Å². The van der Waals surface area contributed by atoms with Crippen molar-refractivity contribution < 1.29 is 14.3 Å². The highest BCUT2D eigenvalue weighted by molar-refractivity contribution is 6.01. The van der Waals surface area contributed by atoms with E-state index < -0.39 is 5.60 Å². The van der Waals surface area contributed by atoms with Gasteiger partial charge in [0.05, 0.1) is 6.54 Å². The maximum atomic E-state index is 12.1. The highest BCUT2D eigenvalue weighted by atomic mass is 16.6. The Kier molecular flexibility index (Phi) is 3.32. The van der Waals surface area contributed by atoms with Crippen LogP contribution in [-0.4, -0.2) is 54.0 Å². The molecule has 1 saturated heterocycles. The third kappa shape index (κ3) is 3.08. The second-order valence-electron chi connectivity index (χ2n) is 6.49. The maximum absolute atomic E-state index is 12.1. The van der Waals surface area contributed by atoms with E-state index in [1.54, 1.807) is 4.90 Å². The number of carbonyl (C=O) groups excluding carboxylic acids is 2. The predicted molar refractivity (Wildman–Crippen MR) is 71.6 cm³/mol. The minimum atomic E-state index is -0.524. The molecule has 2 fully saturated rings. The first-order valence-corrected chi connectivity index (χ1v) is 6.60. The Balaban J connectivity index is 2.07. The summed E-state index contributed by atoms with van der Waals surface area (Å²) in [4.78, 5) is 27.6. The van der Waals surface area contributed by atoms with Gasteiger partial charge in [-0.05, 0) is 27.2 Å². The third-order valence-corrected chi connectivity index (χ3v) is 3.22. The molecule has 2 rings (SSSR count). The van der Waals surface area contributed by atoms with Crippen molar-refractivity contribution in [2.45, 2.75) is 38.8 Å². The van der Waals surface area contributed by atoms with E-state index in [0.717, 1.165) is 12.0 Å². The molecule has 1 aliphatic carbocycles. The van der Waals surface area contributed by atoms with Crippen LogP contribution in [0.1, 0.15) is 27.2 Å². The van der Waals surface area contributed by atoms with Gasteiger partial charge in [-0.3, -0.25) is 9.69 Å². The zero-order valence-electron chi connectivity index (χ0n) is 12.3. The molecule has 19 heavy (non-hydrogen) atoms. The monoisotopic (exact) mass is 266 g/mol. The largest absolute Gasteiger partial charge is 0.444 e. The number of fused-ring (bicyclic) bond motifs is 1. The molecule has 0 aromatic rings. The lowest BCUT2D eigenvalue weighted by Crippen LogP contribution is -2.45. The predicted octanol–water partition coefficient (Wildman–Crippen LogP) is 1.64. The zero-order chi connectivity index (χ0) is 14.4. The minimum Gasteiger partial charge on any atom is -0.444 e. The molecule has 2 atom stereocenters. The highest BCUT2D eigenvalue weighted by Gasteiger charge is 2.53. The van der Waals surface area contributed by atoms with Crippen molar-refractivity contribution in [3.8, 4) is 0 Å². The van der Waals surface area contributed by atoms with Crippen LogP contribution in [0.4, 0.5) is 4.79 Å². The normalized spacial score (nSPS) is 28.2. The van der Waals surface area contributed by atoms with Gasteiger partial charge in [0.25, 0.3) is 0 Å². The molecule has 5 nitrogen and oxygen atoms in total. The molecule has 0 spiro atoms. The van der Waals surface area contributed by atoms with Gasteiger partial charge >= 0.3 is 6.09 Å². The number of piperidine rings is 1. The van der Waals surface area contributed by atoms with Gasteiger partial charge in [-0.15, -0.1) is 0 Å². The number of rotatable bonds is 1. The number of ether oxygens (including phenoxy) is 1. The van der Waals surface area contributed by atoms with Crippen molar-refractivity contribution in [1.29, 1.82) is 0 Å². The summed E-state index contributed by atoms with van der Waals surface area (Å²) in [5, 5.41) is 0. The SMILES string of the molecule is CN(C)/C=C1/C(=O)CN(C(=O)OC(C)(C)C)[C@H]2C[C@@H]12. The lowest BCUT2D eigenvalue weighted by atomic mass is 10.0. The lowest BCUT2D eigenvalue weighted by Gasteiger charge is -2.30. The van der Waals surface area contributed by atoms with Crippen LogP contribution in [0, 0.1) is 5.92 Å². The van der Waals surface area contributed by atoms with Crippen LogP contribution in [0.25, 0.3) is 0 Å². The fourth-order valence-corrected chi connectivity index (χ4v) is 2.40. The molecular weight excluding hydrogens is 244 g/mol. The van der Waals surface area contributed by atoms with Crippen molar-refractivity contribution in [2.75, 3.05) is 20.6 Å². The first kappa shape index (κ1) is 13.9. The fourth-order valence-electron chi connectivity index (χ4n) is 2.40. The smallest absolute Gasteiger partial charge is 0.410 e. The van der Waals surface area contributed by atoms with Crippen LogP contribution in [0.3, 0.4) is 0 Å². The van der Waals surface area contributed by atoms with Crippen molar-refractivity contribution in [1.82, 2.24) is 9.80 Å². The maximum Gasteiger partial charge on any atom is 0.410 e. The third-order valence-electron chi connectivity index (χ3n) is 3.22. The summed E-state index contributed by atoms with van der Waals surface area (Å²) in [6.07, 6.45) is 2.36. The Morgan fingerprint density at radius 3 is 2.58 bits per heavy atom. The fraction of sp³-hybridized carbons (Fsp3) is 0.714. The molecule has 1 saturated carbocycles. The Morgan fingerprint density at radius 1 is 1.42 bits per heavy atom. The van der Waals surface area contributed by atoms with Crippen LogP contribution >= 0.6 is 0 Å². The molecule has 5 heteroatoms. The molecule has 1 heterocycles. The van der Waals surface area contributed by atoms with E-state index in [1.807, 2.05) is 46.0 Å². The number of hydrogen-bond acceptors (Lipinski definition) is 4. The standard InChI is InChI=1S/C14H22N2O3/c1-14(2,3)19-13(18)16-8-12(17)10(7-15(4)5)9-6-11(9)16/h7,9,11H,6,8H2,1-5H3/b10-7+/t9-,11-/m0/s1. The average Bonchev–Trinajstić information content (AvgIpc) is 2.98. The Bertz CT molecular complexity index is 434. The quantitative estimate of drug-likeness (QED) is 0.677. The summed E-state index contributed by atoms with van der Waals surface area (Å²) in [5.74, 6) is 0.217. The van der Waals surface area contributed by atoms with Gasteiger partial charge < -0.3 is 9.64 Å². The van der Waals surface area contributed by atoms with Crippen LogP contribution in [0.5, 0.6) is 0 Å². The summed E-state index contributed by atoms with van der Waals surface area (Å²) in [5.41, 5.74) is 0.319. The first-order chi connectivity index (χ1) is 8.69. The number of likely N-dealkylation sites (tertiary alicyclic amines) is 1. The zero-order valence-corrected chi connectivity index (χ0v) is 12.3. The van der Waals surface area contributed by atoms with E-state index >= 15 is 0 Å².